The first kappa shape index (κ1) is 26.4. The van der Waals surface area contributed by atoms with E-state index in [-0.39, 0.29) is 38.9 Å². The van der Waals surface area contributed by atoms with E-state index in [1.54, 1.807) is 0 Å². The molecule has 0 unspecified atom stereocenters. The van der Waals surface area contributed by atoms with Crippen molar-refractivity contribution in [1.29, 1.82) is 0 Å². The Morgan fingerprint density at radius 2 is 1.53 bits per heavy atom. The second-order valence-electron chi connectivity index (χ2n) is 7.01. The maximum absolute atomic E-state index is 8.12. The van der Waals surface area contributed by atoms with Crippen molar-refractivity contribution >= 4 is 17.1 Å². The summed E-state index contributed by atoms with van der Waals surface area (Å²) >= 11 is 0. The zero-order valence-electron chi connectivity index (χ0n) is 18.2. The molecule has 4 heteroatoms. The molecule has 0 N–H and O–H groups in total. The summed E-state index contributed by atoms with van der Waals surface area (Å²) in [6, 6.07) is 17.4. The molecule has 0 aliphatic heterocycles. The summed E-state index contributed by atoms with van der Waals surface area (Å²) in [5.41, 5.74) is 6.56. The minimum Gasteiger partial charge on any atom is -0.381 e. The van der Waals surface area contributed by atoms with Gasteiger partial charge in [-0.05, 0) is 36.1 Å². The van der Waals surface area contributed by atoms with Crippen molar-refractivity contribution in [3.63, 3.8) is 0 Å². The Kier molecular flexibility index (Phi) is 12.0. The third kappa shape index (κ3) is 5.73. The molecule has 0 spiro atoms. The molecule has 0 atom stereocenters. The number of rotatable bonds is 3. The Bertz CT molecular complexity index is 949. The summed E-state index contributed by atoms with van der Waals surface area (Å²) in [6.45, 7) is 13.3. The van der Waals surface area contributed by atoms with Crippen LogP contribution in [0.25, 0.3) is 22.2 Å². The maximum Gasteiger partial charge on any atom is 0.373 e. The standard InChI is InChI=1S/C23H25N.C2H6.CO2.Y/c1-3-24-21-16-10-9-15-20(21)22(18-12-5-4-6-13-18)23(24)19-14-8-7-11-17(19)2;1-2;2-1-3;/h7-11,14-16,18H,1-6,12-13H2;1-2H3;;/q-2;;;. The molecule has 4 rings (SSSR count). The number of hydrogen-bond acceptors (Lipinski definition) is 2. The molecule has 1 radical (unpaired) electrons. The normalized spacial score (nSPS) is 13.2. The zero-order valence-corrected chi connectivity index (χ0v) is 21.0. The van der Waals surface area contributed by atoms with Crippen LogP contribution in [0.3, 0.4) is 0 Å². The number of aromatic nitrogens is 1. The monoisotopic (exact) mass is 478 g/mol. The third-order valence-corrected chi connectivity index (χ3v) is 5.52. The smallest absolute Gasteiger partial charge is 0.373 e. The molecular formula is C26H31NO2Y-2. The van der Waals surface area contributed by atoms with Gasteiger partial charge in [-0.25, -0.2) is 0 Å². The molecule has 1 aliphatic carbocycles. The quantitative estimate of drug-likeness (QED) is 0.388. The third-order valence-electron chi connectivity index (χ3n) is 5.52. The first-order valence-electron chi connectivity index (χ1n) is 10.5. The molecule has 0 saturated heterocycles. The molecule has 30 heavy (non-hydrogen) atoms. The molecule has 2 aromatic carbocycles. The number of nitrogens with zero attached hydrogens (tertiary/aromatic N) is 1. The molecular weight excluding hydrogens is 447 g/mol. The van der Waals surface area contributed by atoms with Crippen LogP contribution in [0.15, 0.2) is 48.5 Å². The molecule has 0 amide bonds. The second-order valence-corrected chi connectivity index (χ2v) is 7.01. The van der Waals surface area contributed by atoms with Crippen molar-refractivity contribution in [3.8, 4) is 11.3 Å². The van der Waals surface area contributed by atoms with Crippen molar-refractivity contribution < 1.29 is 42.3 Å². The van der Waals surface area contributed by atoms with Crippen molar-refractivity contribution in [3.05, 3.63) is 73.5 Å². The number of carbonyl (C=O) groups excluding carboxylic acids is 2. The fraction of sp³-hybridized carbons (Fsp3) is 0.346. The molecule has 1 saturated carbocycles. The van der Waals surface area contributed by atoms with Gasteiger partial charge in [0, 0.05) is 43.6 Å². The SMILES string of the molecule is CC.O=C=O.[CH2-]Cn1c(-c2ccccc2[CH2-])c(C2CCCCC2)c2ccccc21.[Y]. The Morgan fingerprint density at radius 1 is 0.967 bits per heavy atom. The van der Waals surface area contributed by atoms with Gasteiger partial charge in [-0.3, -0.25) is 0 Å². The fourth-order valence-corrected chi connectivity index (χ4v) is 4.41. The number of para-hydroxylation sites is 1. The van der Waals surface area contributed by atoms with Crippen LogP contribution in [0, 0.1) is 13.8 Å². The van der Waals surface area contributed by atoms with Crippen molar-refractivity contribution in [2.24, 2.45) is 0 Å². The van der Waals surface area contributed by atoms with Crippen LogP contribution in [0.1, 0.15) is 63.0 Å². The van der Waals surface area contributed by atoms with E-state index in [1.807, 2.05) is 13.8 Å². The Balaban J connectivity index is 0.000000691. The van der Waals surface area contributed by atoms with Crippen LogP contribution in [-0.2, 0) is 48.8 Å². The minimum absolute atomic E-state index is 0. The van der Waals surface area contributed by atoms with Crippen molar-refractivity contribution in [2.45, 2.75) is 58.4 Å². The van der Waals surface area contributed by atoms with Gasteiger partial charge in [0.2, 0.25) is 0 Å². The van der Waals surface area contributed by atoms with Gasteiger partial charge in [0.05, 0.1) is 0 Å². The van der Waals surface area contributed by atoms with Crippen LogP contribution in [0.5, 0.6) is 0 Å². The van der Waals surface area contributed by atoms with E-state index in [4.69, 9.17) is 9.59 Å². The number of benzene rings is 2. The second kappa shape index (κ2) is 13.6. The largest absolute Gasteiger partial charge is 0.381 e. The number of fused-ring (bicyclic) bond motifs is 1. The molecule has 1 aliphatic rings. The van der Waals surface area contributed by atoms with E-state index in [0.29, 0.717) is 5.92 Å². The van der Waals surface area contributed by atoms with Crippen LogP contribution < -0.4 is 0 Å². The summed E-state index contributed by atoms with van der Waals surface area (Å²) in [4.78, 5) is 16.2. The van der Waals surface area contributed by atoms with Gasteiger partial charge >= 0.3 is 6.15 Å². The van der Waals surface area contributed by atoms with E-state index in [2.05, 4.69) is 66.9 Å². The summed E-state index contributed by atoms with van der Waals surface area (Å²) < 4.78 is 2.39. The number of hydrogen-bond donors (Lipinski definition) is 0. The fourth-order valence-electron chi connectivity index (χ4n) is 4.41. The van der Waals surface area contributed by atoms with E-state index in [0.717, 1.165) is 12.1 Å². The summed E-state index contributed by atoms with van der Waals surface area (Å²) in [5, 5.41) is 1.41. The van der Waals surface area contributed by atoms with Gasteiger partial charge < -0.3 is 11.5 Å². The molecule has 157 valence electrons. The summed E-state index contributed by atoms with van der Waals surface area (Å²) in [7, 11) is 0. The zero-order chi connectivity index (χ0) is 21.2. The first-order chi connectivity index (χ1) is 14.2. The average Bonchev–Trinajstić information content (AvgIpc) is 3.11. The van der Waals surface area contributed by atoms with Crippen molar-refractivity contribution in [2.75, 3.05) is 0 Å². The maximum atomic E-state index is 8.12. The Morgan fingerprint density at radius 3 is 2.13 bits per heavy atom. The van der Waals surface area contributed by atoms with Crippen LogP contribution in [-0.4, -0.2) is 10.7 Å². The topological polar surface area (TPSA) is 39.1 Å². The van der Waals surface area contributed by atoms with E-state index >= 15 is 0 Å². The first-order valence-corrected chi connectivity index (χ1v) is 10.5. The molecule has 1 aromatic heterocycles. The minimum atomic E-state index is 0. The van der Waals surface area contributed by atoms with Gasteiger partial charge in [0.1, 0.15) is 0 Å². The van der Waals surface area contributed by atoms with Crippen LogP contribution >= 0.6 is 0 Å². The molecule has 3 nitrogen and oxygen atoms in total. The van der Waals surface area contributed by atoms with Crippen LogP contribution in [0.4, 0.5) is 0 Å². The van der Waals surface area contributed by atoms with E-state index in [9.17, 15) is 0 Å². The Labute approximate surface area is 206 Å². The predicted octanol–water partition coefficient (Wildman–Crippen LogP) is 6.81. The molecule has 1 fully saturated rings. The van der Waals surface area contributed by atoms with Gasteiger partial charge in [0.25, 0.3) is 0 Å². The summed E-state index contributed by atoms with van der Waals surface area (Å²) in [6.07, 6.45) is 6.93. The van der Waals surface area contributed by atoms with Gasteiger partial charge in [-0.2, -0.15) is 28.1 Å². The van der Waals surface area contributed by atoms with Gasteiger partial charge in [-0.1, -0.05) is 57.4 Å². The molecule has 0 bridgehead atoms. The molecule has 1 heterocycles. The summed E-state index contributed by atoms with van der Waals surface area (Å²) in [5.74, 6) is 0.658. The predicted molar refractivity (Wildman–Crippen MR) is 119 cm³/mol. The van der Waals surface area contributed by atoms with Crippen molar-refractivity contribution in [1.82, 2.24) is 4.57 Å². The van der Waals surface area contributed by atoms with Gasteiger partial charge in [-0.15, -0.1) is 24.2 Å². The van der Waals surface area contributed by atoms with E-state index in [1.165, 1.54) is 59.8 Å². The van der Waals surface area contributed by atoms with Gasteiger partial charge in [0.15, 0.2) is 0 Å². The Hall–Kier alpha value is -1.67. The van der Waals surface area contributed by atoms with Crippen LogP contribution in [0.2, 0.25) is 0 Å². The molecule has 3 aromatic rings. The average molecular weight is 478 g/mol. The van der Waals surface area contributed by atoms with E-state index < -0.39 is 0 Å².